The molecule has 1 aromatic heterocycles. The fraction of sp³-hybridized carbons (Fsp3) is 0.158. The van der Waals surface area contributed by atoms with Crippen molar-refractivity contribution in [1.29, 1.82) is 5.26 Å². The fourth-order valence-corrected chi connectivity index (χ4v) is 2.85. The first-order valence-electron chi connectivity index (χ1n) is 7.58. The molecule has 0 spiro atoms. The van der Waals surface area contributed by atoms with E-state index >= 15 is 0 Å². The minimum absolute atomic E-state index is 0.248. The predicted molar refractivity (Wildman–Crippen MR) is 95.2 cm³/mol. The number of fused-ring (bicyclic) bond motifs is 1. The van der Waals surface area contributed by atoms with Gasteiger partial charge in [0.15, 0.2) is 0 Å². The Labute approximate surface area is 140 Å². The molecule has 0 aliphatic rings. The Morgan fingerprint density at radius 1 is 1.08 bits per heavy atom. The second kappa shape index (κ2) is 6.17. The van der Waals surface area contributed by atoms with Crippen LogP contribution in [0.4, 0.5) is 21.6 Å². The van der Waals surface area contributed by atoms with Crippen molar-refractivity contribution in [3.8, 4) is 6.07 Å². The molecule has 24 heavy (non-hydrogen) atoms. The van der Waals surface area contributed by atoms with Gasteiger partial charge in [-0.3, -0.25) is 0 Å². The topological polar surface area (TPSA) is 60.7 Å². The summed E-state index contributed by atoms with van der Waals surface area (Å²) in [4.78, 5) is 4.35. The molecule has 0 unspecified atom stereocenters. The quantitative estimate of drug-likeness (QED) is 0.737. The maximum absolute atomic E-state index is 14.4. The lowest BCUT2D eigenvalue weighted by molar-refractivity contribution is 0.622. The van der Waals surface area contributed by atoms with E-state index in [1.54, 1.807) is 13.1 Å². The number of hydrogen-bond acceptors (Lipinski definition) is 4. The van der Waals surface area contributed by atoms with Crippen LogP contribution in [0.1, 0.15) is 16.7 Å². The lowest BCUT2D eigenvalue weighted by Gasteiger charge is -2.14. The van der Waals surface area contributed by atoms with Crippen molar-refractivity contribution in [1.82, 2.24) is 4.98 Å². The van der Waals surface area contributed by atoms with Gasteiger partial charge >= 0.3 is 0 Å². The third kappa shape index (κ3) is 2.63. The first kappa shape index (κ1) is 15.8. The van der Waals surface area contributed by atoms with Crippen LogP contribution >= 0.6 is 0 Å². The van der Waals surface area contributed by atoms with E-state index in [0.717, 1.165) is 22.0 Å². The highest BCUT2D eigenvalue weighted by molar-refractivity contribution is 6.01. The van der Waals surface area contributed by atoms with Gasteiger partial charge in [-0.25, -0.2) is 9.37 Å². The number of halogens is 1. The van der Waals surface area contributed by atoms with E-state index in [1.807, 2.05) is 38.2 Å². The Morgan fingerprint density at radius 2 is 1.88 bits per heavy atom. The number of benzene rings is 2. The van der Waals surface area contributed by atoms with E-state index in [0.29, 0.717) is 16.9 Å². The largest absolute Gasteiger partial charge is 0.387 e. The highest BCUT2D eigenvalue weighted by Gasteiger charge is 2.12. The molecule has 0 bridgehead atoms. The van der Waals surface area contributed by atoms with Crippen LogP contribution < -0.4 is 10.6 Å². The molecule has 0 saturated heterocycles. The maximum atomic E-state index is 14.4. The monoisotopic (exact) mass is 320 g/mol. The van der Waals surface area contributed by atoms with Gasteiger partial charge in [0.1, 0.15) is 11.6 Å². The molecule has 0 amide bonds. The van der Waals surface area contributed by atoms with Crippen LogP contribution in [-0.4, -0.2) is 12.0 Å². The number of pyridine rings is 1. The Kier molecular flexibility index (Phi) is 4.05. The van der Waals surface area contributed by atoms with Crippen LogP contribution in [0, 0.1) is 31.0 Å². The fourth-order valence-electron chi connectivity index (χ4n) is 2.85. The van der Waals surface area contributed by atoms with E-state index in [4.69, 9.17) is 5.26 Å². The molecule has 1 heterocycles. The van der Waals surface area contributed by atoms with Crippen LogP contribution in [0.5, 0.6) is 0 Å². The van der Waals surface area contributed by atoms with E-state index in [9.17, 15) is 4.39 Å². The zero-order valence-corrected chi connectivity index (χ0v) is 13.7. The molecule has 5 heteroatoms. The Balaban J connectivity index is 2.16. The summed E-state index contributed by atoms with van der Waals surface area (Å²) < 4.78 is 14.4. The first-order valence-corrected chi connectivity index (χ1v) is 7.58. The summed E-state index contributed by atoms with van der Waals surface area (Å²) in [6, 6.07) is 10.9. The summed E-state index contributed by atoms with van der Waals surface area (Å²) in [5, 5.41) is 17.2. The molecule has 120 valence electrons. The third-order valence-electron chi connectivity index (χ3n) is 4.04. The molecule has 4 nitrogen and oxygen atoms in total. The summed E-state index contributed by atoms with van der Waals surface area (Å²) in [6.07, 6.45) is 1.68. The van der Waals surface area contributed by atoms with Crippen LogP contribution in [0.15, 0.2) is 36.5 Å². The standard InChI is InChI=1S/C19H17FN4/c1-11-4-5-15-14(18(11)22-3)6-7-23-19(15)24-16-9-13(10-21)8-12(2)17(16)20/h4-9,22H,1-3H3,(H,23,24). The molecular formula is C19H17FN4. The SMILES string of the molecule is CNc1c(C)ccc2c(Nc3cc(C#N)cc(C)c3F)nccc12. The van der Waals surface area contributed by atoms with Gasteiger partial charge in [-0.2, -0.15) is 5.26 Å². The molecule has 3 aromatic rings. The molecule has 0 radical (unpaired) electrons. The number of nitrogens with zero attached hydrogens (tertiary/aromatic N) is 2. The van der Waals surface area contributed by atoms with Crippen LogP contribution in [0.25, 0.3) is 10.8 Å². The maximum Gasteiger partial charge on any atom is 0.149 e. The number of nitrogens with one attached hydrogen (secondary N) is 2. The Bertz CT molecular complexity index is 973. The summed E-state index contributed by atoms with van der Waals surface area (Å²) >= 11 is 0. The minimum Gasteiger partial charge on any atom is -0.387 e. The van der Waals surface area contributed by atoms with Crippen molar-refractivity contribution in [3.63, 3.8) is 0 Å². The van der Waals surface area contributed by atoms with Gasteiger partial charge in [-0.15, -0.1) is 0 Å². The number of hydrogen-bond donors (Lipinski definition) is 2. The van der Waals surface area contributed by atoms with Crippen molar-refractivity contribution < 1.29 is 4.39 Å². The third-order valence-corrected chi connectivity index (χ3v) is 4.04. The number of aryl methyl sites for hydroxylation is 2. The second-order valence-electron chi connectivity index (χ2n) is 5.65. The molecule has 0 aliphatic heterocycles. The van der Waals surface area contributed by atoms with E-state index in [-0.39, 0.29) is 11.5 Å². The van der Waals surface area contributed by atoms with Crippen molar-refractivity contribution in [2.75, 3.05) is 17.7 Å². The van der Waals surface area contributed by atoms with E-state index in [1.165, 1.54) is 12.1 Å². The molecule has 0 fully saturated rings. The number of aromatic nitrogens is 1. The van der Waals surface area contributed by atoms with Crippen LogP contribution in [-0.2, 0) is 0 Å². The number of rotatable bonds is 3. The Hall–Kier alpha value is -3.13. The van der Waals surface area contributed by atoms with Gasteiger partial charge in [-0.1, -0.05) is 12.1 Å². The zero-order valence-electron chi connectivity index (χ0n) is 13.7. The van der Waals surface area contributed by atoms with Crippen LogP contribution in [0.3, 0.4) is 0 Å². The molecule has 3 rings (SSSR count). The van der Waals surface area contributed by atoms with E-state index < -0.39 is 0 Å². The Morgan fingerprint density at radius 3 is 2.58 bits per heavy atom. The molecule has 0 atom stereocenters. The van der Waals surface area contributed by atoms with Gasteiger partial charge < -0.3 is 10.6 Å². The van der Waals surface area contributed by atoms with Gasteiger partial charge in [0.2, 0.25) is 0 Å². The summed E-state index contributed by atoms with van der Waals surface area (Å²) in [5.41, 5.74) is 3.21. The lowest BCUT2D eigenvalue weighted by atomic mass is 10.1. The van der Waals surface area contributed by atoms with Gasteiger partial charge in [-0.05, 0) is 43.2 Å². The molecule has 0 saturated carbocycles. The first-order chi connectivity index (χ1) is 11.5. The predicted octanol–water partition coefficient (Wildman–Crippen LogP) is 4.65. The average molecular weight is 320 g/mol. The molecular weight excluding hydrogens is 303 g/mol. The average Bonchev–Trinajstić information content (AvgIpc) is 2.58. The summed E-state index contributed by atoms with van der Waals surface area (Å²) in [7, 11) is 1.87. The normalized spacial score (nSPS) is 10.5. The van der Waals surface area contributed by atoms with Crippen molar-refractivity contribution in [3.05, 3.63) is 59.0 Å². The number of anilines is 3. The highest BCUT2D eigenvalue weighted by Crippen LogP contribution is 2.32. The number of nitriles is 1. The second-order valence-corrected chi connectivity index (χ2v) is 5.65. The van der Waals surface area contributed by atoms with Gasteiger partial charge in [0, 0.05) is 29.7 Å². The smallest absolute Gasteiger partial charge is 0.149 e. The van der Waals surface area contributed by atoms with Gasteiger partial charge in [0.25, 0.3) is 0 Å². The zero-order chi connectivity index (χ0) is 17.3. The summed E-state index contributed by atoms with van der Waals surface area (Å²) in [5.74, 6) is 0.172. The van der Waals surface area contributed by atoms with Crippen molar-refractivity contribution in [2.24, 2.45) is 0 Å². The van der Waals surface area contributed by atoms with Crippen LogP contribution in [0.2, 0.25) is 0 Å². The highest BCUT2D eigenvalue weighted by atomic mass is 19.1. The molecule has 2 N–H and O–H groups in total. The summed E-state index contributed by atoms with van der Waals surface area (Å²) in [6.45, 7) is 3.67. The van der Waals surface area contributed by atoms with Gasteiger partial charge in [0.05, 0.1) is 17.3 Å². The molecule has 2 aromatic carbocycles. The van der Waals surface area contributed by atoms with Crippen molar-refractivity contribution in [2.45, 2.75) is 13.8 Å². The van der Waals surface area contributed by atoms with E-state index in [2.05, 4.69) is 15.6 Å². The van der Waals surface area contributed by atoms with Crippen molar-refractivity contribution >= 4 is 28.0 Å². The lowest BCUT2D eigenvalue weighted by Crippen LogP contribution is -2.01. The minimum atomic E-state index is -0.381. The molecule has 0 aliphatic carbocycles.